The molecule has 1 heterocycles. The average Bonchev–Trinajstić information content (AvgIpc) is 2.63. The lowest BCUT2D eigenvalue weighted by atomic mass is 9.83. The van der Waals surface area contributed by atoms with E-state index >= 15 is 0 Å². The Morgan fingerprint density at radius 1 is 1.06 bits per heavy atom. The molecular weight excluding hydrogens is 208 g/mol. The molecule has 3 atom stereocenters. The molecule has 0 bridgehead atoms. The Hall–Kier alpha value is -0.550. The second-order valence-electron chi connectivity index (χ2n) is 5.74. The van der Waals surface area contributed by atoms with Crippen LogP contribution in [0.25, 0.3) is 0 Å². The standard InChI is InChI=1S/C15H26N2/c1-2-14-9-4-3-7-11-17(14)15-10-6-5-8-13(15)12-16/h13-15H,2-11H2,1H3. The summed E-state index contributed by atoms with van der Waals surface area (Å²) in [6.07, 6.45) is 11.7. The highest BCUT2D eigenvalue weighted by molar-refractivity contribution is 4.97. The zero-order valence-electron chi connectivity index (χ0n) is 11.2. The van der Waals surface area contributed by atoms with E-state index in [2.05, 4.69) is 17.9 Å². The topological polar surface area (TPSA) is 27.0 Å². The van der Waals surface area contributed by atoms with Crippen molar-refractivity contribution < 1.29 is 0 Å². The fourth-order valence-electron chi connectivity index (χ4n) is 3.73. The summed E-state index contributed by atoms with van der Waals surface area (Å²) in [7, 11) is 0. The van der Waals surface area contributed by atoms with Crippen molar-refractivity contribution in [3.05, 3.63) is 0 Å². The third kappa shape index (κ3) is 3.01. The molecule has 0 aromatic carbocycles. The Labute approximate surface area is 106 Å². The summed E-state index contributed by atoms with van der Waals surface area (Å²) in [6.45, 7) is 3.55. The van der Waals surface area contributed by atoms with Gasteiger partial charge in [0.05, 0.1) is 12.0 Å². The molecule has 2 aliphatic rings. The lowest BCUT2D eigenvalue weighted by Gasteiger charge is -2.41. The van der Waals surface area contributed by atoms with Gasteiger partial charge in [-0.25, -0.2) is 0 Å². The smallest absolute Gasteiger partial charge is 0.0672 e. The number of nitriles is 1. The van der Waals surface area contributed by atoms with Gasteiger partial charge in [0.25, 0.3) is 0 Å². The van der Waals surface area contributed by atoms with Crippen molar-refractivity contribution in [3.63, 3.8) is 0 Å². The summed E-state index contributed by atoms with van der Waals surface area (Å²) in [5, 5.41) is 9.34. The summed E-state index contributed by atoms with van der Waals surface area (Å²) in [4.78, 5) is 2.71. The number of rotatable bonds is 2. The first kappa shape index (κ1) is 12.9. The lowest BCUT2D eigenvalue weighted by Crippen LogP contribution is -2.47. The minimum absolute atomic E-state index is 0.302. The predicted molar refractivity (Wildman–Crippen MR) is 70.6 cm³/mol. The van der Waals surface area contributed by atoms with Gasteiger partial charge < -0.3 is 0 Å². The van der Waals surface area contributed by atoms with Crippen LogP contribution >= 0.6 is 0 Å². The maximum atomic E-state index is 9.34. The molecule has 0 spiro atoms. The van der Waals surface area contributed by atoms with E-state index in [1.807, 2.05) is 0 Å². The van der Waals surface area contributed by atoms with Crippen LogP contribution in [0.3, 0.4) is 0 Å². The van der Waals surface area contributed by atoms with Crippen LogP contribution in [-0.2, 0) is 0 Å². The van der Waals surface area contributed by atoms with E-state index in [9.17, 15) is 5.26 Å². The van der Waals surface area contributed by atoms with Crippen LogP contribution in [0.15, 0.2) is 0 Å². The lowest BCUT2D eigenvalue weighted by molar-refractivity contribution is 0.0811. The first-order valence-electron chi connectivity index (χ1n) is 7.52. The van der Waals surface area contributed by atoms with Gasteiger partial charge in [-0.1, -0.05) is 32.6 Å². The Bertz CT molecular complexity index is 269. The SMILES string of the molecule is CCC1CCCCCN1C1CCCCC1C#N. The van der Waals surface area contributed by atoms with Gasteiger partial charge in [-0.3, -0.25) is 4.90 Å². The van der Waals surface area contributed by atoms with Crippen LogP contribution in [0, 0.1) is 17.2 Å². The molecule has 2 nitrogen and oxygen atoms in total. The van der Waals surface area contributed by atoms with Gasteiger partial charge in [0.1, 0.15) is 0 Å². The summed E-state index contributed by atoms with van der Waals surface area (Å²) < 4.78 is 0. The fraction of sp³-hybridized carbons (Fsp3) is 0.933. The molecule has 2 fully saturated rings. The van der Waals surface area contributed by atoms with Crippen molar-refractivity contribution in [1.29, 1.82) is 5.26 Å². The number of nitrogens with zero attached hydrogens (tertiary/aromatic N) is 2. The summed E-state index contributed by atoms with van der Waals surface area (Å²) >= 11 is 0. The zero-order chi connectivity index (χ0) is 12.1. The number of hydrogen-bond acceptors (Lipinski definition) is 2. The molecule has 0 radical (unpaired) electrons. The molecule has 96 valence electrons. The summed E-state index contributed by atoms with van der Waals surface area (Å²) in [6, 6.07) is 3.89. The molecule has 0 aromatic heterocycles. The minimum Gasteiger partial charge on any atom is -0.296 e. The monoisotopic (exact) mass is 234 g/mol. The molecule has 0 N–H and O–H groups in total. The van der Waals surface area contributed by atoms with Crippen molar-refractivity contribution in [3.8, 4) is 6.07 Å². The van der Waals surface area contributed by atoms with Crippen molar-refractivity contribution in [2.75, 3.05) is 6.54 Å². The minimum atomic E-state index is 0.302. The van der Waals surface area contributed by atoms with Crippen LogP contribution in [0.1, 0.15) is 64.7 Å². The predicted octanol–water partition coefficient (Wildman–Crippen LogP) is 3.72. The number of hydrogen-bond donors (Lipinski definition) is 0. The molecule has 1 saturated carbocycles. The van der Waals surface area contributed by atoms with Crippen molar-refractivity contribution in [2.24, 2.45) is 5.92 Å². The molecule has 2 heteroatoms. The molecule has 1 saturated heterocycles. The third-order valence-corrected chi connectivity index (χ3v) is 4.72. The molecule has 0 aromatic rings. The van der Waals surface area contributed by atoms with E-state index in [0.29, 0.717) is 12.0 Å². The van der Waals surface area contributed by atoms with E-state index in [-0.39, 0.29) is 0 Å². The van der Waals surface area contributed by atoms with Gasteiger partial charge in [-0.05, 0) is 38.6 Å². The van der Waals surface area contributed by atoms with Gasteiger partial charge in [0.15, 0.2) is 0 Å². The quantitative estimate of drug-likeness (QED) is 0.728. The third-order valence-electron chi connectivity index (χ3n) is 4.72. The Balaban J connectivity index is 2.08. The zero-order valence-corrected chi connectivity index (χ0v) is 11.2. The summed E-state index contributed by atoms with van der Waals surface area (Å²) in [5.74, 6) is 0.302. The van der Waals surface area contributed by atoms with Crippen LogP contribution in [0.4, 0.5) is 0 Å². The van der Waals surface area contributed by atoms with Crippen LogP contribution < -0.4 is 0 Å². The Morgan fingerprint density at radius 3 is 2.59 bits per heavy atom. The van der Waals surface area contributed by atoms with Crippen molar-refractivity contribution in [1.82, 2.24) is 4.90 Å². The molecule has 1 aliphatic carbocycles. The highest BCUT2D eigenvalue weighted by Crippen LogP contribution is 2.32. The normalized spacial score (nSPS) is 36.1. The van der Waals surface area contributed by atoms with Crippen LogP contribution in [-0.4, -0.2) is 23.5 Å². The van der Waals surface area contributed by atoms with Gasteiger partial charge in [-0.2, -0.15) is 5.26 Å². The average molecular weight is 234 g/mol. The van der Waals surface area contributed by atoms with E-state index in [4.69, 9.17) is 0 Å². The van der Waals surface area contributed by atoms with E-state index < -0.39 is 0 Å². The fourth-order valence-corrected chi connectivity index (χ4v) is 3.73. The van der Waals surface area contributed by atoms with E-state index in [1.54, 1.807) is 0 Å². The molecule has 17 heavy (non-hydrogen) atoms. The maximum Gasteiger partial charge on any atom is 0.0672 e. The first-order chi connectivity index (χ1) is 8.36. The van der Waals surface area contributed by atoms with Gasteiger partial charge in [-0.15, -0.1) is 0 Å². The first-order valence-corrected chi connectivity index (χ1v) is 7.52. The van der Waals surface area contributed by atoms with E-state index in [0.717, 1.165) is 12.5 Å². The van der Waals surface area contributed by atoms with Gasteiger partial charge in [0.2, 0.25) is 0 Å². The molecular formula is C15H26N2. The Kier molecular flexibility index (Phi) is 4.86. The van der Waals surface area contributed by atoms with Crippen LogP contribution in [0.2, 0.25) is 0 Å². The van der Waals surface area contributed by atoms with Crippen molar-refractivity contribution in [2.45, 2.75) is 76.8 Å². The molecule has 2 rings (SSSR count). The molecule has 3 unspecified atom stereocenters. The molecule has 0 amide bonds. The largest absolute Gasteiger partial charge is 0.296 e. The summed E-state index contributed by atoms with van der Waals surface area (Å²) in [5.41, 5.74) is 0. The highest BCUT2D eigenvalue weighted by atomic mass is 15.2. The second kappa shape index (κ2) is 6.40. The number of likely N-dealkylation sites (tertiary alicyclic amines) is 1. The Morgan fingerprint density at radius 2 is 1.82 bits per heavy atom. The van der Waals surface area contributed by atoms with E-state index in [1.165, 1.54) is 57.9 Å². The molecule has 1 aliphatic heterocycles. The van der Waals surface area contributed by atoms with Gasteiger partial charge >= 0.3 is 0 Å². The van der Waals surface area contributed by atoms with Gasteiger partial charge in [0, 0.05) is 12.1 Å². The van der Waals surface area contributed by atoms with Crippen molar-refractivity contribution >= 4 is 0 Å². The highest BCUT2D eigenvalue weighted by Gasteiger charge is 2.33. The van der Waals surface area contributed by atoms with Crippen LogP contribution in [0.5, 0.6) is 0 Å². The second-order valence-corrected chi connectivity index (χ2v) is 5.74. The maximum absolute atomic E-state index is 9.34.